The SMILES string of the molecule is CC(C)CCN(c1nc(CN)co1)C1CC1. The smallest absolute Gasteiger partial charge is 0.297 e. The highest BCUT2D eigenvalue weighted by Gasteiger charge is 2.31. The Labute approximate surface area is 96.8 Å². The Morgan fingerprint density at radius 3 is 2.81 bits per heavy atom. The maximum atomic E-state index is 5.54. The van der Waals surface area contributed by atoms with Gasteiger partial charge in [-0.05, 0) is 25.2 Å². The summed E-state index contributed by atoms with van der Waals surface area (Å²) >= 11 is 0. The van der Waals surface area contributed by atoms with E-state index in [1.807, 2.05) is 0 Å². The largest absolute Gasteiger partial charge is 0.432 e. The maximum Gasteiger partial charge on any atom is 0.297 e. The third kappa shape index (κ3) is 2.76. The molecule has 2 rings (SSSR count). The van der Waals surface area contributed by atoms with Gasteiger partial charge in [0.1, 0.15) is 6.26 Å². The molecule has 1 aromatic heterocycles. The molecule has 1 fully saturated rings. The number of oxazole rings is 1. The average Bonchev–Trinajstić information content (AvgIpc) is 2.96. The number of rotatable bonds is 6. The lowest BCUT2D eigenvalue weighted by Gasteiger charge is -2.20. The quantitative estimate of drug-likeness (QED) is 0.802. The van der Waals surface area contributed by atoms with Crippen molar-refractivity contribution in [3.05, 3.63) is 12.0 Å². The van der Waals surface area contributed by atoms with Crippen LogP contribution in [0.1, 0.15) is 38.8 Å². The molecule has 1 saturated carbocycles. The summed E-state index contributed by atoms with van der Waals surface area (Å²) in [6.45, 7) is 5.97. The third-order valence-electron chi connectivity index (χ3n) is 2.93. The van der Waals surface area contributed by atoms with Crippen LogP contribution >= 0.6 is 0 Å². The first kappa shape index (κ1) is 11.5. The number of nitrogens with two attached hydrogens (primary N) is 1. The van der Waals surface area contributed by atoms with Crippen LogP contribution in [0, 0.1) is 5.92 Å². The molecule has 0 unspecified atom stereocenters. The van der Waals surface area contributed by atoms with E-state index in [9.17, 15) is 0 Å². The summed E-state index contributed by atoms with van der Waals surface area (Å²) in [7, 11) is 0. The fraction of sp³-hybridized carbons (Fsp3) is 0.750. The van der Waals surface area contributed by atoms with Gasteiger partial charge in [0, 0.05) is 19.1 Å². The van der Waals surface area contributed by atoms with Crippen molar-refractivity contribution in [1.82, 2.24) is 4.98 Å². The number of hydrogen-bond acceptors (Lipinski definition) is 4. The van der Waals surface area contributed by atoms with Gasteiger partial charge in [0.25, 0.3) is 6.01 Å². The van der Waals surface area contributed by atoms with Crippen LogP contribution in [-0.4, -0.2) is 17.6 Å². The summed E-state index contributed by atoms with van der Waals surface area (Å²) in [6.07, 6.45) is 5.37. The molecule has 0 aliphatic heterocycles. The molecule has 4 nitrogen and oxygen atoms in total. The van der Waals surface area contributed by atoms with Gasteiger partial charge in [0.05, 0.1) is 5.69 Å². The van der Waals surface area contributed by atoms with E-state index in [0.29, 0.717) is 18.5 Å². The minimum Gasteiger partial charge on any atom is -0.432 e. The first-order chi connectivity index (χ1) is 7.70. The second-order valence-electron chi connectivity index (χ2n) is 4.93. The molecule has 1 aliphatic carbocycles. The number of anilines is 1. The van der Waals surface area contributed by atoms with Gasteiger partial charge in [-0.25, -0.2) is 0 Å². The van der Waals surface area contributed by atoms with E-state index in [0.717, 1.165) is 18.3 Å². The van der Waals surface area contributed by atoms with Crippen LogP contribution in [0.5, 0.6) is 0 Å². The van der Waals surface area contributed by atoms with Crippen molar-refractivity contribution in [2.45, 2.75) is 45.7 Å². The van der Waals surface area contributed by atoms with Gasteiger partial charge in [-0.1, -0.05) is 13.8 Å². The number of nitrogens with zero attached hydrogens (tertiary/aromatic N) is 2. The molecule has 1 aliphatic rings. The lowest BCUT2D eigenvalue weighted by atomic mass is 10.1. The molecule has 0 radical (unpaired) electrons. The molecule has 1 aromatic rings. The Balaban J connectivity index is 2.00. The second kappa shape index (κ2) is 4.87. The van der Waals surface area contributed by atoms with Crippen molar-refractivity contribution in [1.29, 1.82) is 0 Å². The minimum atomic E-state index is 0.451. The highest BCUT2D eigenvalue weighted by molar-refractivity contribution is 5.31. The van der Waals surface area contributed by atoms with Gasteiger partial charge in [0.15, 0.2) is 0 Å². The molecule has 0 amide bonds. The number of aromatic nitrogens is 1. The van der Waals surface area contributed by atoms with Gasteiger partial charge in [-0.2, -0.15) is 4.98 Å². The zero-order valence-corrected chi connectivity index (χ0v) is 10.1. The van der Waals surface area contributed by atoms with Crippen molar-refractivity contribution >= 4 is 6.01 Å². The van der Waals surface area contributed by atoms with E-state index in [4.69, 9.17) is 10.2 Å². The molecule has 0 aromatic carbocycles. The van der Waals surface area contributed by atoms with Crippen LogP contribution in [0.4, 0.5) is 6.01 Å². The van der Waals surface area contributed by atoms with Gasteiger partial charge in [0.2, 0.25) is 0 Å². The molecule has 2 N–H and O–H groups in total. The Kier molecular flexibility index (Phi) is 3.49. The summed E-state index contributed by atoms with van der Waals surface area (Å²) in [5, 5.41) is 0. The topological polar surface area (TPSA) is 55.3 Å². The maximum absolute atomic E-state index is 5.54. The minimum absolute atomic E-state index is 0.451. The first-order valence-corrected chi connectivity index (χ1v) is 6.11. The van der Waals surface area contributed by atoms with Crippen LogP contribution in [0.15, 0.2) is 10.7 Å². The summed E-state index contributed by atoms with van der Waals surface area (Å²) < 4.78 is 5.49. The molecular formula is C12H21N3O. The van der Waals surface area contributed by atoms with Gasteiger partial charge in [-0.3, -0.25) is 0 Å². The van der Waals surface area contributed by atoms with E-state index in [-0.39, 0.29) is 0 Å². The fourth-order valence-electron chi connectivity index (χ4n) is 1.74. The average molecular weight is 223 g/mol. The van der Waals surface area contributed by atoms with Crippen molar-refractivity contribution < 1.29 is 4.42 Å². The second-order valence-corrected chi connectivity index (χ2v) is 4.93. The van der Waals surface area contributed by atoms with Crippen LogP contribution < -0.4 is 10.6 Å². The van der Waals surface area contributed by atoms with Crippen LogP contribution in [-0.2, 0) is 6.54 Å². The molecule has 1 heterocycles. The molecule has 16 heavy (non-hydrogen) atoms. The van der Waals surface area contributed by atoms with E-state index < -0.39 is 0 Å². The Hall–Kier alpha value is -1.03. The predicted octanol–water partition coefficient (Wildman–Crippen LogP) is 2.15. The van der Waals surface area contributed by atoms with Crippen LogP contribution in [0.2, 0.25) is 0 Å². The van der Waals surface area contributed by atoms with Gasteiger partial charge in [-0.15, -0.1) is 0 Å². The Morgan fingerprint density at radius 1 is 1.56 bits per heavy atom. The normalized spacial score (nSPS) is 15.8. The molecule has 0 saturated heterocycles. The third-order valence-corrected chi connectivity index (χ3v) is 2.93. The summed E-state index contributed by atoms with van der Waals surface area (Å²) in [6, 6.07) is 1.40. The van der Waals surface area contributed by atoms with Crippen LogP contribution in [0.3, 0.4) is 0 Å². The lowest BCUT2D eigenvalue weighted by molar-refractivity contribution is 0.503. The molecule has 90 valence electrons. The fourth-order valence-corrected chi connectivity index (χ4v) is 1.74. The van der Waals surface area contributed by atoms with Gasteiger partial charge >= 0.3 is 0 Å². The van der Waals surface area contributed by atoms with E-state index in [2.05, 4.69) is 23.7 Å². The van der Waals surface area contributed by atoms with Crippen molar-refractivity contribution in [3.63, 3.8) is 0 Å². The molecule has 0 atom stereocenters. The number of hydrogen-bond donors (Lipinski definition) is 1. The highest BCUT2D eigenvalue weighted by Crippen LogP contribution is 2.31. The first-order valence-electron chi connectivity index (χ1n) is 6.11. The van der Waals surface area contributed by atoms with E-state index in [1.54, 1.807) is 6.26 Å². The monoisotopic (exact) mass is 223 g/mol. The molecule has 0 spiro atoms. The van der Waals surface area contributed by atoms with Gasteiger partial charge < -0.3 is 15.1 Å². The molecular weight excluding hydrogens is 202 g/mol. The lowest BCUT2D eigenvalue weighted by Crippen LogP contribution is -2.28. The standard InChI is InChI=1S/C12H21N3O/c1-9(2)5-6-15(11-3-4-11)12-14-10(7-13)8-16-12/h8-9,11H,3-7,13H2,1-2H3. The van der Waals surface area contributed by atoms with Crippen molar-refractivity contribution in [2.75, 3.05) is 11.4 Å². The Bertz CT molecular complexity index is 331. The summed E-state index contributed by atoms with van der Waals surface area (Å²) in [5.41, 5.74) is 6.37. The summed E-state index contributed by atoms with van der Waals surface area (Å²) in [4.78, 5) is 6.69. The zero-order chi connectivity index (χ0) is 11.5. The predicted molar refractivity (Wildman–Crippen MR) is 64.2 cm³/mol. The van der Waals surface area contributed by atoms with Crippen molar-refractivity contribution in [3.8, 4) is 0 Å². The van der Waals surface area contributed by atoms with E-state index in [1.165, 1.54) is 19.3 Å². The molecule has 4 heteroatoms. The van der Waals surface area contributed by atoms with Crippen LogP contribution in [0.25, 0.3) is 0 Å². The zero-order valence-electron chi connectivity index (χ0n) is 10.1. The van der Waals surface area contributed by atoms with Crippen molar-refractivity contribution in [2.24, 2.45) is 11.7 Å². The van der Waals surface area contributed by atoms with E-state index >= 15 is 0 Å². The molecule has 0 bridgehead atoms. The highest BCUT2D eigenvalue weighted by atomic mass is 16.4. The Morgan fingerprint density at radius 2 is 2.31 bits per heavy atom. The summed E-state index contributed by atoms with van der Waals surface area (Å²) in [5.74, 6) is 0.713.